The van der Waals surface area contributed by atoms with Crippen LogP contribution in [-0.4, -0.2) is 84.6 Å². The molecule has 0 fully saturated rings. The molecule has 2 N–H and O–H groups in total. The van der Waals surface area contributed by atoms with Gasteiger partial charge in [0.2, 0.25) is 5.78 Å². The number of ketones is 2. The van der Waals surface area contributed by atoms with Crippen LogP contribution in [0.1, 0.15) is 126 Å². The molecule has 2 heterocycles. The van der Waals surface area contributed by atoms with Gasteiger partial charge in [0.1, 0.15) is 22.1 Å². The molecule has 2 aromatic heterocycles. The molecule has 0 unspecified atom stereocenters. The van der Waals surface area contributed by atoms with Gasteiger partial charge in [-0.15, -0.1) is 0 Å². The number of aromatic nitrogens is 2. The number of fused-ring (bicyclic) bond motifs is 4. The van der Waals surface area contributed by atoms with E-state index < -0.39 is 60.8 Å². The number of amides is 1. The second kappa shape index (κ2) is 15.2. The molecule has 0 aromatic carbocycles. The predicted octanol–water partition coefficient (Wildman–Crippen LogP) is 8.87. The number of Topliss-reactive ketones (excluding diaryl/α,β-unsaturated/α-hetero) is 2. The number of aliphatic hydroxyl groups is 1. The van der Waals surface area contributed by atoms with Gasteiger partial charge in [-0.05, 0) is 89.8 Å². The van der Waals surface area contributed by atoms with E-state index in [1.807, 2.05) is 45.9 Å². The molecule has 2 aromatic rings. The number of unbranched alkanes of at least 4 members (excludes halogenated alkanes) is 2. The fourth-order valence-corrected chi connectivity index (χ4v) is 9.10. The lowest BCUT2D eigenvalue weighted by Crippen LogP contribution is -2.65. The van der Waals surface area contributed by atoms with Crippen molar-refractivity contribution in [1.29, 1.82) is 0 Å². The Morgan fingerprint density at radius 1 is 1.06 bits per heavy atom. The number of rotatable bonds is 12. The van der Waals surface area contributed by atoms with Crippen molar-refractivity contribution in [3.63, 3.8) is 0 Å². The summed E-state index contributed by atoms with van der Waals surface area (Å²) in [5.41, 5.74) is -2.15. The number of nitrogens with zero attached hydrogens (tertiary/aromatic N) is 3. The Labute approximate surface area is 324 Å². The van der Waals surface area contributed by atoms with E-state index in [0.29, 0.717) is 24.4 Å². The van der Waals surface area contributed by atoms with Gasteiger partial charge in [-0.2, -0.15) is 0 Å². The van der Waals surface area contributed by atoms with Gasteiger partial charge < -0.3 is 28.3 Å². The first kappa shape index (κ1) is 41.7. The molecule has 298 valence electrons. The van der Waals surface area contributed by atoms with Gasteiger partial charge >= 0.3 is 6.09 Å². The Balaban J connectivity index is 1.77. The van der Waals surface area contributed by atoms with Crippen LogP contribution in [0.3, 0.4) is 0 Å². The fourth-order valence-electron chi connectivity index (χ4n) is 7.39. The maximum atomic E-state index is 15.4. The molecule has 0 spiro atoms. The van der Waals surface area contributed by atoms with Crippen LogP contribution >= 0.6 is 11.6 Å². The van der Waals surface area contributed by atoms with Gasteiger partial charge in [0.15, 0.2) is 37.0 Å². The van der Waals surface area contributed by atoms with Crippen LogP contribution in [0.2, 0.25) is 23.3 Å². The standard InChI is InChI=1S/C39H57ClN4O9Si/c1-13-15-17-49-30-25-22(33(40)41-34(30)42-36(48)51-37(3,4)5)19-21-20-23-27(44(9)10)29-26(35(43-52-29)50-18-16-14-2)32(47)39(23,31(46)24(21)28(25)45)53-54(11,12)38(6,7)8/h21,23,27,46H,13-20H2,1-12H3,(H,41,42,48)/t21-,23-,27-,39-/m0/s1. The summed E-state index contributed by atoms with van der Waals surface area (Å²) < 4.78 is 30.9. The maximum absolute atomic E-state index is 15.4. The minimum absolute atomic E-state index is 0.00965. The zero-order valence-electron chi connectivity index (χ0n) is 33.8. The summed E-state index contributed by atoms with van der Waals surface area (Å²) in [7, 11) is 0.848. The van der Waals surface area contributed by atoms with E-state index in [-0.39, 0.29) is 63.8 Å². The number of allylic oxidation sites excluding steroid dienone is 1. The van der Waals surface area contributed by atoms with E-state index in [1.54, 1.807) is 20.8 Å². The highest BCUT2D eigenvalue weighted by Gasteiger charge is 2.67. The Morgan fingerprint density at radius 3 is 2.26 bits per heavy atom. The summed E-state index contributed by atoms with van der Waals surface area (Å²) in [5.74, 6) is -2.54. The van der Waals surface area contributed by atoms with Crippen molar-refractivity contribution >= 4 is 43.4 Å². The third-order valence-electron chi connectivity index (χ3n) is 11.0. The molecule has 0 saturated heterocycles. The lowest BCUT2D eigenvalue weighted by atomic mass is 9.58. The van der Waals surface area contributed by atoms with Gasteiger partial charge in [0.05, 0.1) is 24.8 Å². The number of halogens is 1. The van der Waals surface area contributed by atoms with E-state index in [2.05, 4.69) is 36.2 Å². The second-order valence-electron chi connectivity index (χ2n) is 17.4. The average molecular weight is 789 g/mol. The molecule has 3 aliphatic rings. The van der Waals surface area contributed by atoms with Gasteiger partial charge in [0.25, 0.3) is 5.88 Å². The Bertz CT molecular complexity index is 1830. The predicted molar refractivity (Wildman–Crippen MR) is 207 cm³/mol. The van der Waals surface area contributed by atoms with E-state index in [9.17, 15) is 9.90 Å². The molecule has 5 rings (SSSR count). The van der Waals surface area contributed by atoms with E-state index >= 15 is 9.59 Å². The van der Waals surface area contributed by atoms with Crippen molar-refractivity contribution in [1.82, 2.24) is 15.0 Å². The van der Waals surface area contributed by atoms with Crippen molar-refractivity contribution in [2.75, 3.05) is 32.6 Å². The first-order valence-electron chi connectivity index (χ1n) is 19.0. The van der Waals surface area contributed by atoms with Crippen molar-refractivity contribution < 1.29 is 42.6 Å². The van der Waals surface area contributed by atoms with Crippen LogP contribution < -0.4 is 14.8 Å². The summed E-state index contributed by atoms with van der Waals surface area (Å²) in [5, 5.41) is 19.3. The van der Waals surface area contributed by atoms with Crippen LogP contribution in [0.5, 0.6) is 11.6 Å². The number of carbonyl (C=O) groups excluding carboxylic acids is 3. The van der Waals surface area contributed by atoms with Gasteiger partial charge in [-0.25, -0.2) is 9.78 Å². The van der Waals surface area contributed by atoms with Crippen molar-refractivity contribution in [2.45, 2.75) is 129 Å². The summed E-state index contributed by atoms with van der Waals surface area (Å²) in [6.45, 7) is 19.9. The molecule has 1 amide bonds. The fraction of sp³-hybridized carbons (Fsp3) is 0.667. The highest BCUT2D eigenvalue weighted by atomic mass is 35.5. The Hall–Kier alpha value is -3.46. The van der Waals surface area contributed by atoms with E-state index in [1.165, 1.54) is 0 Å². The number of carbonyl (C=O) groups is 3. The van der Waals surface area contributed by atoms with Crippen LogP contribution in [0.15, 0.2) is 15.9 Å². The average Bonchev–Trinajstić information content (AvgIpc) is 3.45. The summed E-state index contributed by atoms with van der Waals surface area (Å²) in [6, 6.07) is -0.583. The molecular weight excluding hydrogens is 732 g/mol. The number of aliphatic hydroxyl groups excluding tert-OH is 1. The Kier molecular flexibility index (Phi) is 11.8. The first-order chi connectivity index (χ1) is 25.1. The number of ether oxygens (including phenoxy) is 3. The topological polar surface area (TPSA) is 163 Å². The molecule has 0 aliphatic heterocycles. The molecule has 13 nitrogen and oxygen atoms in total. The van der Waals surface area contributed by atoms with Gasteiger partial charge in [-0.1, -0.05) is 59.1 Å². The van der Waals surface area contributed by atoms with Crippen molar-refractivity contribution in [3.05, 3.63) is 38.9 Å². The quantitative estimate of drug-likeness (QED) is 0.120. The van der Waals surface area contributed by atoms with Crippen LogP contribution in [0, 0.1) is 11.8 Å². The van der Waals surface area contributed by atoms with Crippen molar-refractivity contribution in [2.24, 2.45) is 11.8 Å². The molecule has 0 saturated carbocycles. The zero-order valence-corrected chi connectivity index (χ0v) is 35.6. The number of pyridine rings is 1. The summed E-state index contributed by atoms with van der Waals surface area (Å²) in [6.07, 6.45) is 2.73. The SMILES string of the molecule is CCCCOc1noc2c1C(=O)[C@@]1(O[Si](C)(C)C(C)(C)C)C(O)=C3C(=O)c4c(c(Cl)nc(NC(=O)OC(C)(C)C)c4OCCCC)C[C@H]3C[C@H]1[C@@H]2N(C)C. The highest BCUT2D eigenvalue weighted by molar-refractivity contribution is 6.74. The molecule has 15 heteroatoms. The zero-order chi connectivity index (χ0) is 40.1. The van der Waals surface area contributed by atoms with Crippen LogP contribution in [-0.2, 0) is 15.6 Å². The van der Waals surface area contributed by atoms with Crippen LogP contribution in [0.4, 0.5) is 10.6 Å². The highest BCUT2D eigenvalue weighted by Crippen LogP contribution is 2.60. The molecule has 3 aliphatic carbocycles. The monoisotopic (exact) mass is 788 g/mol. The molecular formula is C39H57ClN4O9Si. The number of hydrogen-bond donors (Lipinski definition) is 2. The second-order valence-corrected chi connectivity index (χ2v) is 22.4. The number of anilines is 1. The van der Waals surface area contributed by atoms with Gasteiger partial charge in [0, 0.05) is 17.1 Å². The third-order valence-corrected chi connectivity index (χ3v) is 15.7. The van der Waals surface area contributed by atoms with E-state index in [4.69, 9.17) is 34.8 Å². The summed E-state index contributed by atoms with van der Waals surface area (Å²) >= 11 is 6.85. The largest absolute Gasteiger partial charge is 0.508 e. The number of hydrogen-bond acceptors (Lipinski definition) is 12. The lowest BCUT2D eigenvalue weighted by Gasteiger charge is -2.55. The van der Waals surface area contributed by atoms with Crippen LogP contribution in [0.25, 0.3) is 0 Å². The Morgan fingerprint density at radius 2 is 1.69 bits per heavy atom. The van der Waals surface area contributed by atoms with Gasteiger partial charge in [-0.3, -0.25) is 19.8 Å². The molecule has 54 heavy (non-hydrogen) atoms. The normalized spacial score (nSPS) is 22.7. The minimum Gasteiger partial charge on any atom is -0.508 e. The first-order valence-corrected chi connectivity index (χ1v) is 22.3. The smallest absolute Gasteiger partial charge is 0.413 e. The summed E-state index contributed by atoms with van der Waals surface area (Å²) in [4.78, 5) is 49.9. The van der Waals surface area contributed by atoms with E-state index in [0.717, 1.165) is 19.3 Å². The number of nitrogens with one attached hydrogen (secondary N) is 1. The maximum Gasteiger partial charge on any atom is 0.413 e. The van der Waals surface area contributed by atoms with Crippen molar-refractivity contribution in [3.8, 4) is 11.6 Å². The lowest BCUT2D eigenvalue weighted by molar-refractivity contribution is -0.0480. The molecule has 4 atom stereocenters. The molecule has 0 bridgehead atoms. The third kappa shape index (κ3) is 7.43. The molecule has 0 radical (unpaired) electrons. The minimum atomic E-state index is -2.90.